The number of nitrogens with zero attached hydrogens (tertiary/aromatic N) is 1. The summed E-state index contributed by atoms with van der Waals surface area (Å²) in [6, 6.07) is -0.707. The lowest BCUT2D eigenvalue weighted by Gasteiger charge is -2.44. The van der Waals surface area contributed by atoms with Gasteiger partial charge in [-0.3, -0.25) is 24.0 Å². The first-order chi connectivity index (χ1) is 22.9. The number of carbonyl (C=O) groups excluding carboxylic acids is 5. The van der Waals surface area contributed by atoms with Gasteiger partial charge in [-0.05, 0) is 53.8 Å². The van der Waals surface area contributed by atoms with Crippen molar-refractivity contribution in [3.8, 4) is 0 Å². The number of ether oxygens (including phenoxy) is 1. The lowest BCUT2D eigenvalue weighted by molar-refractivity contribution is -0.148. The Morgan fingerprint density at radius 1 is 1.04 bits per heavy atom. The van der Waals surface area contributed by atoms with Gasteiger partial charge in [-0.25, -0.2) is 8.42 Å². The second-order valence-electron chi connectivity index (χ2n) is 17.2. The Balaban J connectivity index is 1.56. The third-order valence-corrected chi connectivity index (χ3v) is 14.7. The highest BCUT2D eigenvalue weighted by Gasteiger charge is 2.69. The summed E-state index contributed by atoms with van der Waals surface area (Å²) in [7, 11) is -3.41. The zero-order chi connectivity index (χ0) is 36.4. The molecule has 4 aliphatic rings. The van der Waals surface area contributed by atoms with Crippen LogP contribution in [0.15, 0.2) is 12.7 Å². The van der Waals surface area contributed by atoms with Crippen LogP contribution in [0.1, 0.15) is 125 Å². The average molecular weight is 704 g/mol. The fourth-order valence-corrected chi connectivity index (χ4v) is 11.3. The lowest BCUT2D eigenvalue weighted by atomic mass is 9.67. The standard InChI is InChI=1S/C39H61NO8S/c1-8-10-15-26(35(44)30(42)16-11-9-2)21-31(43)34-33-29(38(33,6)7)24-40(34)36(45)28(37(3,4)5)22-27(41)23-39(17-13-12-14-18-39)32-25-48-19-20-49(32,46)47/h9,26,28-29,32-34H,2,8,10-25H2,1,3-7H3/t26-,28-,29+,32?,33?,34-/m1/s1. The topological polar surface area (TPSA) is 132 Å². The summed E-state index contributed by atoms with van der Waals surface area (Å²) in [6.45, 7) is 16.4. The van der Waals surface area contributed by atoms with E-state index in [4.69, 9.17) is 4.74 Å². The van der Waals surface area contributed by atoms with Gasteiger partial charge in [0.25, 0.3) is 0 Å². The van der Waals surface area contributed by atoms with Crippen LogP contribution in [0, 0.1) is 39.9 Å². The maximum Gasteiger partial charge on any atom is 0.227 e. The molecule has 6 atom stereocenters. The van der Waals surface area contributed by atoms with Gasteiger partial charge in [0.15, 0.2) is 21.4 Å². The molecule has 0 spiro atoms. The van der Waals surface area contributed by atoms with Crippen molar-refractivity contribution in [2.45, 2.75) is 136 Å². The molecule has 2 aliphatic heterocycles. The summed E-state index contributed by atoms with van der Waals surface area (Å²) in [4.78, 5) is 70.5. The molecule has 2 saturated heterocycles. The first kappa shape index (κ1) is 39.6. The number of fused-ring (bicyclic) bond motifs is 1. The van der Waals surface area contributed by atoms with Crippen LogP contribution in [-0.2, 0) is 38.5 Å². The molecular formula is C39H61NO8S. The van der Waals surface area contributed by atoms with Crippen molar-refractivity contribution in [2.75, 3.05) is 25.5 Å². The van der Waals surface area contributed by atoms with Crippen molar-refractivity contribution in [1.29, 1.82) is 0 Å². The molecule has 2 heterocycles. The van der Waals surface area contributed by atoms with Gasteiger partial charge in [-0.1, -0.05) is 79.7 Å². The van der Waals surface area contributed by atoms with Crippen LogP contribution in [0.5, 0.6) is 0 Å². The summed E-state index contributed by atoms with van der Waals surface area (Å²) in [6.07, 6.45) is 8.09. The Kier molecular flexibility index (Phi) is 12.6. The van der Waals surface area contributed by atoms with Gasteiger partial charge in [-0.2, -0.15) is 0 Å². The molecule has 2 unspecified atom stereocenters. The van der Waals surface area contributed by atoms with Crippen LogP contribution >= 0.6 is 0 Å². The molecule has 4 fully saturated rings. The fraction of sp³-hybridized carbons (Fsp3) is 0.821. The lowest BCUT2D eigenvalue weighted by Crippen LogP contribution is -2.52. The number of hydrogen-bond donors (Lipinski definition) is 0. The second kappa shape index (κ2) is 15.6. The molecular weight excluding hydrogens is 642 g/mol. The maximum atomic E-state index is 14.6. The third kappa shape index (κ3) is 8.65. The summed E-state index contributed by atoms with van der Waals surface area (Å²) >= 11 is 0. The van der Waals surface area contributed by atoms with Crippen LogP contribution in [0.4, 0.5) is 0 Å². The Labute approximate surface area is 294 Å². The number of ketones is 4. The van der Waals surface area contributed by atoms with Gasteiger partial charge in [0.2, 0.25) is 11.7 Å². The first-order valence-electron chi connectivity index (χ1n) is 18.7. The Morgan fingerprint density at radius 2 is 1.71 bits per heavy atom. The van der Waals surface area contributed by atoms with E-state index >= 15 is 0 Å². The molecule has 0 aromatic carbocycles. The van der Waals surface area contributed by atoms with E-state index in [0.29, 0.717) is 38.6 Å². The predicted octanol–water partition coefficient (Wildman–Crippen LogP) is 6.12. The highest BCUT2D eigenvalue weighted by Crippen LogP contribution is 2.65. The van der Waals surface area contributed by atoms with Gasteiger partial charge < -0.3 is 9.64 Å². The molecule has 0 aromatic rings. The summed E-state index contributed by atoms with van der Waals surface area (Å²) in [5, 5.41) is -0.719. The SMILES string of the molecule is C=CCCC(=O)C(=O)[C@H](CCCC)CC(=O)[C@@H]1C2[C@H](CN1C(=O)[C@@H](CC(=O)CC1(C3COCCS3(=O)=O)CCCCC1)C(C)(C)C)C2(C)C. The monoisotopic (exact) mass is 703 g/mol. The highest BCUT2D eigenvalue weighted by molar-refractivity contribution is 7.92. The molecule has 0 radical (unpaired) electrons. The van der Waals surface area contributed by atoms with Gasteiger partial charge >= 0.3 is 0 Å². The minimum absolute atomic E-state index is 0.0245. The number of Topliss-reactive ketones (excluding diaryl/α,β-unsaturated/α-hetero) is 4. The predicted molar refractivity (Wildman–Crippen MR) is 189 cm³/mol. The number of rotatable bonds is 17. The molecule has 2 saturated carbocycles. The molecule has 0 aromatic heterocycles. The molecule has 9 nitrogen and oxygen atoms in total. The third-order valence-electron chi connectivity index (χ3n) is 12.5. The van der Waals surface area contributed by atoms with Gasteiger partial charge in [0, 0.05) is 44.1 Å². The van der Waals surface area contributed by atoms with Crippen LogP contribution in [0.2, 0.25) is 0 Å². The quantitative estimate of drug-likeness (QED) is 0.131. The molecule has 4 rings (SSSR count). The Bertz CT molecular complexity index is 1390. The molecule has 276 valence electrons. The van der Waals surface area contributed by atoms with Crippen LogP contribution in [0.3, 0.4) is 0 Å². The fourth-order valence-electron chi connectivity index (χ4n) is 9.30. The minimum Gasteiger partial charge on any atom is -0.379 e. The van der Waals surface area contributed by atoms with Crippen molar-refractivity contribution >= 4 is 38.9 Å². The van der Waals surface area contributed by atoms with Crippen molar-refractivity contribution in [3.63, 3.8) is 0 Å². The number of allylic oxidation sites excluding steroid dienone is 1. The largest absolute Gasteiger partial charge is 0.379 e. The number of likely N-dealkylation sites (tertiary alicyclic amines) is 1. The normalized spacial score (nSPS) is 28.2. The van der Waals surface area contributed by atoms with E-state index in [1.165, 1.54) is 0 Å². The Morgan fingerprint density at radius 3 is 2.31 bits per heavy atom. The number of hydrogen-bond acceptors (Lipinski definition) is 8. The maximum absolute atomic E-state index is 14.6. The summed E-state index contributed by atoms with van der Waals surface area (Å²) < 4.78 is 32.2. The molecule has 10 heteroatoms. The highest BCUT2D eigenvalue weighted by atomic mass is 32.2. The Hall–Kier alpha value is -2.20. The zero-order valence-corrected chi connectivity index (χ0v) is 31.7. The number of piperidine rings is 1. The van der Waals surface area contributed by atoms with E-state index in [-0.39, 0.29) is 79.4 Å². The summed E-state index contributed by atoms with van der Waals surface area (Å²) in [5.74, 6) is -2.86. The van der Waals surface area contributed by atoms with Crippen molar-refractivity contribution in [1.82, 2.24) is 4.90 Å². The van der Waals surface area contributed by atoms with Crippen molar-refractivity contribution < 1.29 is 37.1 Å². The van der Waals surface area contributed by atoms with Crippen molar-refractivity contribution in [3.05, 3.63) is 12.7 Å². The number of amides is 1. The van der Waals surface area contributed by atoms with Gasteiger partial charge in [-0.15, -0.1) is 6.58 Å². The molecule has 0 bridgehead atoms. The summed E-state index contributed by atoms with van der Waals surface area (Å²) in [5.41, 5.74) is -1.42. The van der Waals surface area contributed by atoms with Gasteiger partial charge in [0.05, 0.1) is 30.3 Å². The van der Waals surface area contributed by atoms with E-state index in [1.54, 1.807) is 11.0 Å². The van der Waals surface area contributed by atoms with Gasteiger partial charge in [0.1, 0.15) is 5.78 Å². The average Bonchev–Trinajstić information content (AvgIpc) is 3.33. The van der Waals surface area contributed by atoms with E-state index in [1.807, 2.05) is 27.7 Å². The molecule has 0 N–H and O–H groups in total. The minimum atomic E-state index is -3.41. The molecule has 2 aliphatic carbocycles. The number of unbranched alkanes of at least 4 members (excludes halogenated alkanes) is 1. The second-order valence-corrected chi connectivity index (χ2v) is 19.5. The number of sulfone groups is 1. The smallest absolute Gasteiger partial charge is 0.227 e. The van der Waals surface area contributed by atoms with Crippen LogP contribution < -0.4 is 0 Å². The zero-order valence-electron chi connectivity index (χ0n) is 30.9. The van der Waals surface area contributed by atoms with E-state index in [9.17, 15) is 32.4 Å². The first-order valence-corrected chi connectivity index (χ1v) is 20.4. The van der Waals surface area contributed by atoms with E-state index < -0.39 is 55.4 Å². The molecule has 1 amide bonds. The van der Waals surface area contributed by atoms with Crippen LogP contribution in [-0.4, -0.2) is 79.2 Å². The van der Waals surface area contributed by atoms with E-state index in [2.05, 4.69) is 20.4 Å². The van der Waals surface area contributed by atoms with Crippen molar-refractivity contribution in [2.24, 2.45) is 39.9 Å². The number of carbonyl (C=O) groups is 5. The molecule has 49 heavy (non-hydrogen) atoms. The van der Waals surface area contributed by atoms with Crippen LogP contribution in [0.25, 0.3) is 0 Å². The van der Waals surface area contributed by atoms with E-state index in [0.717, 1.165) is 25.7 Å².